The number of rotatable bonds is 7. The van der Waals surface area contributed by atoms with Gasteiger partial charge in [-0.15, -0.1) is 22.7 Å². The molecule has 0 aromatic carbocycles. The second-order valence-electron chi connectivity index (χ2n) is 10.1. The first-order valence-electron chi connectivity index (χ1n) is 9.99. The van der Waals surface area contributed by atoms with Crippen LogP contribution in [0.1, 0.15) is 82.4 Å². The molecule has 0 fully saturated rings. The molecule has 152 valence electrons. The van der Waals surface area contributed by atoms with Crippen LogP contribution in [0, 0.1) is 0 Å². The van der Waals surface area contributed by atoms with Crippen molar-refractivity contribution >= 4 is 22.7 Å². The molecule has 0 aliphatic carbocycles. The van der Waals surface area contributed by atoms with E-state index in [1.807, 2.05) is 16.8 Å². The van der Waals surface area contributed by atoms with E-state index < -0.39 is 0 Å². The summed E-state index contributed by atoms with van der Waals surface area (Å²) >= 11 is 3.56. The molecule has 3 aromatic heterocycles. The lowest BCUT2D eigenvalue weighted by molar-refractivity contribution is 0.476. The fourth-order valence-electron chi connectivity index (χ4n) is 3.37. The number of aromatic amines is 1. The Morgan fingerprint density at radius 2 is 1.68 bits per heavy atom. The van der Waals surface area contributed by atoms with Gasteiger partial charge < -0.3 is 0 Å². The maximum atomic E-state index is 4.54. The van der Waals surface area contributed by atoms with Crippen LogP contribution in [0.15, 0.2) is 28.4 Å². The Balaban J connectivity index is 1.65. The van der Waals surface area contributed by atoms with Crippen LogP contribution in [0.4, 0.5) is 0 Å². The first kappa shape index (κ1) is 21.3. The summed E-state index contributed by atoms with van der Waals surface area (Å²) in [6.07, 6.45) is 3.16. The molecule has 0 atom stereocenters. The number of hydrogen-bond acceptors (Lipinski definition) is 4. The van der Waals surface area contributed by atoms with Gasteiger partial charge in [0.25, 0.3) is 0 Å². The normalized spacial score (nSPS) is 13.2. The molecule has 5 heteroatoms. The van der Waals surface area contributed by atoms with Gasteiger partial charge in [0.1, 0.15) is 0 Å². The molecule has 0 spiro atoms. The third kappa shape index (κ3) is 4.93. The Kier molecular flexibility index (Phi) is 5.88. The maximum absolute atomic E-state index is 4.54. The van der Waals surface area contributed by atoms with Gasteiger partial charge in [-0.1, -0.05) is 48.5 Å². The molecule has 0 amide bonds. The number of thiazole rings is 1. The highest BCUT2D eigenvalue weighted by Gasteiger charge is 2.27. The Bertz CT molecular complexity index is 893. The second-order valence-corrected chi connectivity index (χ2v) is 11.9. The molecular weight excluding hydrogens is 382 g/mol. The Morgan fingerprint density at radius 3 is 2.29 bits per heavy atom. The summed E-state index contributed by atoms with van der Waals surface area (Å²) < 4.78 is 0. The monoisotopic (exact) mass is 415 g/mol. The van der Waals surface area contributed by atoms with Crippen LogP contribution in [0.3, 0.4) is 0 Å². The number of nitrogens with one attached hydrogen (secondary N) is 1. The van der Waals surface area contributed by atoms with Crippen molar-refractivity contribution in [2.24, 2.45) is 0 Å². The van der Waals surface area contributed by atoms with Gasteiger partial charge in [-0.2, -0.15) is 5.10 Å². The van der Waals surface area contributed by atoms with E-state index in [0.29, 0.717) is 0 Å². The van der Waals surface area contributed by atoms with Gasteiger partial charge in [0, 0.05) is 26.8 Å². The largest absolute Gasteiger partial charge is 0.282 e. The van der Waals surface area contributed by atoms with Gasteiger partial charge in [0.05, 0.1) is 16.9 Å². The lowest BCUT2D eigenvalue weighted by Crippen LogP contribution is -2.20. The molecule has 3 aromatic rings. The van der Waals surface area contributed by atoms with Crippen molar-refractivity contribution in [3.05, 3.63) is 55.9 Å². The summed E-state index contributed by atoms with van der Waals surface area (Å²) in [5, 5.41) is 12.3. The predicted molar refractivity (Wildman–Crippen MR) is 122 cm³/mol. The molecule has 3 heterocycles. The van der Waals surface area contributed by atoms with Crippen LogP contribution in [-0.2, 0) is 29.1 Å². The molecular formula is C23H33N3S2. The fourth-order valence-corrected chi connectivity index (χ4v) is 5.42. The van der Waals surface area contributed by atoms with Crippen molar-refractivity contribution in [3.63, 3.8) is 0 Å². The molecule has 0 aliphatic heterocycles. The lowest BCUT2D eigenvalue weighted by atomic mass is 9.80. The highest BCUT2D eigenvalue weighted by atomic mass is 32.1. The van der Waals surface area contributed by atoms with Crippen molar-refractivity contribution in [1.29, 1.82) is 0 Å². The summed E-state index contributed by atoms with van der Waals surface area (Å²) in [5.74, 6) is 0. The topological polar surface area (TPSA) is 41.6 Å². The summed E-state index contributed by atoms with van der Waals surface area (Å²) in [5.41, 5.74) is 7.26. The third-order valence-electron chi connectivity index (χ3n) is 5.60. The zero-order chi connectivity index (χ0) is 20.6. The number of hydrogen-bond donors (Lipinski definition) is 1. The van der Waals surface area contributed by atoms with Gasteiger partial charge in [0.15, 0.2) is 0 Å². The van der Waals surface area contributed by atoms with E-state index >= 15 is 0 Å². The Labute approximate surface area is 177 Å². The first-order valence-corrected chi connectivity index (χ1v) is 11.8. The van der Waals surface area contributed by atoms with Crippen LogP contribution in [0.2, 0.25) is 0 Å². The molecule has 0 radical (unpaired) electrons. The van der Waals surface area contributed by atoms with E-state index in [2.05, 4.69) is 86.5 Å². The van der Waals surface area contributed by atoms with Gasteiger partial charge in [0.2, 0.25) is 0 Å². The number of aryl methyl sites for hydroxylation is 1. The van der Waals surface area contributed by atoms with Crippen molar-refractivity contribution in [2.75, 3.05) is 0 Å². The van der Waals surface area contributed by atoms with Gasteiger partial charge in [-0.3, -0.25) is 5.10 Å². The maximum Gasteiger partial charge on any atom is 0.0794 e. The molecule has 0 bridgehead atoms. The van der Waals surface area contributed by atoms with Crippen LogP contribution < -0.4 is 0 Å². The van der Waals surface area contributed by atoms with Crippen molar-refractivity contribution in [2.45, 2.75) is 84.0 Å². The molecule has 3 rings (SSSR count). The zero-order valence-corrected chi connectivity index (χ0v) is 19.9. The second kappa shape index (κ2) is 7.75. The van der Waals surface area contributed by atoms with Gasteiger partial charge in [-0.05, 0) is 47.8 Å². The molecule has 3 nitrogen and oxygen atoms in total. The van der Waals surface area contributed by atoms with E-state index in [1.54, 1.807) is 11.3 Å². The molecule has 0 unspecified atom stereocenters. The van der Waals surface area contributed by atoms with Crippen LogP contribution in [0.5, 0.6) is 0 Å². The van der Waals surface area contributed by atoms with Crippen molar-refractivity contribution in [1.82, 2.24) is 15.2 Å². The zero-order valence-electron chi connectivity index (χ0n) is 18.2. The first-order chi connectivity index (χ1) is 13.0. The standard InChI is InChI=1S/C23H33N3S2/c1-21(2,3)19-11-17(25-26-19)8-9-22(4,5)16-10-18(28-13-16)12-23(6,7)20-14-27-15-24-20/h10-11,13-15H,8-9,12H2,1-7H3,(H,25,26). The minimum atomic E-state index is 0.0749. The van der Waals surface area contributed by atoms with E-state index in [4.69, 9.17) is 0 Å². The highest BCUT2D eigenvalue weighted by molar-refractivity contribution is 7.10. The quantitative estimate of drug-likeness (QED) is 0.469. The summed E-state index contributed by atoms with van der Waals surface area (Å²) in [6, 6.07) is 4.64. The van der Waals surface area contributed by atoms with Crippen LogP contribution in [0.25, 0.3) is 0 Å². The molecule has 0 aliphatic rings. The minimum absolute atomic E-state index is 0.0749. The number of H-pyrrole nitrogens is 1. The minimum Gasteiger partial charge on any atom is -0.282 e. The van der Waals surface area contributed by atoms with Crippen molar-refractivity contribution < 1.29 is 0 Å². The molecule has 0 saturated heterocycles. The van der Waals surface area contributed by atoms with E-state index in [9.17, 15) is 0 Å². The summed E-state index contributed by atoms with van der Waals surface area (Å²) in [6.45, 7) is 15.9. The van der Waals surface area contributed by atoms with E-state index in [0.717, 1.165) is 25.0 Å². The van der Waals surface area contributed by atoms with Crippen LogP contribution in [-0.4, -0.2) is 15.2 Å². The molecule has 28 heavy (non-hydrogen) atoms. The van der Waals surface area contributed by atoms with E-state index in [1.165, 1.54) is 21.8 Å². The SMILES string of the molecule is CC(C)(C)c1cc(CCC(C)(C)c2csc(CC(C)(C)c3cscn3)c2)[nH]n1. The number of aromatic nitrogens is 3. The Hall–Kier alpha value is -1.46. The van der Waals surface area contributed by atoms with Gasteiger partial charge in [-0.25, -0.2) is 4.98 Å². The Morgan fingerprint density at radius 1 is 0.929 bits per heavy atom. The average Bonchev–Trinajstić information content (AvgIpc) is 3.32. The van der Waals surface area contributed by atoms with Crippen LogP contribution >= 0.6 is 22.7 Å². The summed E-state index contributed by atoms with van der Waals surface area (Å²) in [4.78, 5) is 5.98. The molecule has 0 saturated carbocycles. The number of nitrogens with zero attached hydrogens (tertiary/aromatic N) is 2. The number of thiophene rings is 1. The summed E-state index contributed by atoms with van der Waals surface area (Å²) in [7, 11) is 0. The smallest absolute Gasteiger partial charge is 0.0794 e. The highest BCUT2D eigenvalue weighted by Crippen LogP contribution is 2.35. The average molecular weight is 416 g/mol. The molecule has 1 N–H and O–H groups in total. The third-order valence-corrected chi connectivity index (χ3v) is 7.12. The van der Waals surface area contributed by atoms with Gasteiger partial charge >= 0.3 is 0 Å². The fraction of sp³-hybridized carbons (Fsp3) is 0.565. The van der Waals surface area contributed by atoms with Crippen molar-refractivity contribution in [3.8, 4) is 0 Å². The lowest BCUT2D eigenvalue weighted by Gasteiger charge is -2.24. The predicted octanol–water partition coefficient (Wildman–Crippen LogP) is 6.66. The van der Waals surface area contributed by atoms with E-state index in [-0.39, 0.29) is 16.2 Å².